The molecule has 0 saturated heterocycles. The van der Waals surface area contributed by atoms with Gasteiger partial charge in [0.1, 0.15) is 0 Å². The zero-order valence-corrected chi connectivity index (χ0v) is 24.3. The second kappa shape index (κ2) is 21.7. The average molecular weight is 491 g/mol. The predicted octanol–water partition coefficient (Wildman–Crippen LogP) is 8.57. The standard InChI is InChI=1S/C29H52N2O2.C2H6/c1-6-16-24(10-5)27(18-8-3)31(23-9-4)28(32)22-15-14-21-26(17-7-2)30-29(33)25-19-12-11-13-20-25;1-2/h14-15,17,24-25,27H,6-13,16,18-23H2,1-5H3,(H,30,33);1-2H3/b15-14-,26-17+;/t24-,27?;/m0./s1. The number of hydrogen-bond donors (Lipinski definition) is 1. The smallest absolute Gasteiger partial charge is 0.227 e. The van der Waals surface area contributed by atoms with Crippen LogP contribution < -0.4 is 5.32 Å². The van der Waals surface area contributed by atoms with Crippen LogP contribution in [0.15, 0.2) is 23.9 Å². The first-order chi connectivity index (χ1) is 17.0. The van der Waals surface area contributed by atoms with Crippen molar-refractivity contribution in [2.75, 3.05) is 6.54 Å². The molecule has 1 rings (SSSR count). The Hall–Kier alpha value is -1.58. The van der Waals surface area contributed by atoms with Crippen LogP contribution in [0, 0.1) is 11.8 Å². The minimum Gasteiger partial charge on any atom is -0.339 e. The summed E-state index contributed by atoms with van der Waals surface area (Å²) in [7, 11) is 0. The summed E-state index contributed by atoms with van der Waals surface area (Å²) in [6, 6.07) is 0.353. The maximum Gasteiger partial charge on any atom is 0.227 e. The summed E-state index contributed by atoms with van der Waals surface area (Å²) < 4.78 is 0. The Morgan fingerprint density at radius 2 is 1.51 bits per heavy atom. The van der Waals surface area contributed by atoms with Crippen LogP contribution in [0.4, 0.5) is 0 Å². The van der Waals surface area contributed by atoms with Gasteiger partial charge in [-0.2, -0.15) is 0 Å². The lowest BCUT2D eigenvalue weighted by Gasteiger charge is -2.37. The van der Waals surface area contributed by atoms with E-state index < -0.39 is 0 Å². The Bertz CT molecular complexity index is 605. The molecule has 0 spiro atoms. The lowest BCUT2D eigenvalue weighted by Crippen LogP contribution is -2.44. The highest BCUT2D eigenvalue weighted by Gasteiger charge is 2.27. The summed E-state index contributed by atoms with van der Waals surface area (Å²) in [5, 5.41) is 3.17. The Kier molecular flexibility index (Phi) is 20.7. The van der Waals surface area contributed by atoms with Crippen molar-refractivity contribution in [3.05, 3.63) is 23.9 Å². The molecule has 0 bridgehead atoms. The van der Waals surface area contributed by atoms with Crippen LogP contribution in [0.2, 0.25) is 0 Å². The van der Waals surface area contributed by atoms with Gasteiger partial charge in [0.05, 0.1) is 0 Å². The third-order valence-electron chi connectivity index (χ3n) is 7.00. The van der Waals surface area contributed by atoms with Crippen LogP contribution in [-0.4, -0.2) is 29.3 Å². The molecule has 0 aliphatic heterocycles. The summed E-state index contributed by atoms with van der Waals surface area (Å²) in [6.45, 7) is 15.8. The SMILES string of the molecule is CC.CC/C=C(\C/C=C\CC(=O)N(CCC)C(CCC)[C@@H](CC)CCC)NC(=O)C1CCCCC1. The molecule has 0 heterocycles. The van der Waals surface area contributed by atoms with Crippen LogP contribution in [-0.2, 0) is 9.59 Å². The van der Waals surface area contributed by atoms with E-state index in [0.717, 1.165) is 70.0 Å². The van der Waals surface area contributed by atoms with Crippen molar-refractivity contribution >= 4 is 11.8 Å². The molecule has 1 unspecified atom stereocenters. The summed E-state index contributed by atoms with van der Waals surface area (Å²) in [4.78, 5) is 28.0. The molecule has 2 atom stereocenters. The van der Waals surface area contributed by atoms with E-state index in [-0.39, 0.29) is 17.7 Å². The van der Waals surface area contributed by atoms with E-state index in [0.29, 0.717) is 24.8 Å². The Morgan fingerprint density at radius 3 is 2.06 bits per heavy atom. The van der Waals surface area contributed by atoms with Gasteiger partial charge in [-0.3, -0.25) is 9.59 Å². The van der Waals surface area contributed by atoms with E-state index in [2.05, 4.69) is 57.0 Å². The molecular weight excluding hydrogens is 432 g/mol. The second-order valence-corrected chi connectivity index (χ2v) is 9.74. The lowest BCUT2D eigenvalue weighted by molar-refractivity contribution is -0.134. The van der Waals surface area contributed by atoms with Gasteiger partial charge in [0, 0.05) is 37.0 Å². The Morgan fingerprint density at radius 1 is 0.886 bits per heavy atom. The highest BCUT2D eigenvalue weighted by atomic mass is 16.2. The summed E-state index contributed by atoms with van der Waals surface area (Å²) >= 11 is 0. The first-order valence-corrected chi connectivity index (χ1v) is 15.0. The van der Waals surface area contributed by atoms with Crippen molar-refractivity contribution in [2.24, 2.45) is 11.8 Å². The summed E-state index contributed by atoms with van der Waals surface area (Å²) in [5.74, 6) is 1.17. The molecule has 204 valence electrons. The highest BCUT2D eigenvalue weighted by Crippen LogP contribution is 2.26. The van der Waals surface area contributed by atoms with Gasteiger partial charge in [0.15, 0.2) is 0 Å². The third-order valence-corrected chi connectivity index (χ3v) is 7.00. The van der Waals surface area contributed by atoms with E-state index in [4.69, 9.17) is 0 Å². The first kappa shape index (κ1) is 33.4. The maximum atomic E-state index is 13.2. The van der Waals surface area contributed by atoms with Crippen molar-refractivity contribution in [3.8, 4) is 0 Å². The number of carbonyl (C=O) groups is 2. The molecule has 1 fully saturated rings. The van der Waals surface area contributed by atoms with Crippen LogP contribution in [0.3, 0.4) is 0 Å². The fourth-order valence-corrected chi connectivity index (χ4v) is 5.27. The quantitative estimate of drug-likeness (QED) is 0.220. The fourth-order valence-electron chi connectivity index (χ4n) is 5.27. The number of allylic oxidation sites excluding steroid dienone is 2. The fraction of sp³-hybridized carbons (Fsp3) is 0.806. The van der Waals surface area contributed by atoms with Crippen LogP contribution in [0.25, 0.3) is 0 Å². The van der Waals surface area contributed by atoms with Crippen molar-refractivity contribution in [2.45, 2.75) is 144 Å². The minimum absolute atomic E-state index is 0.164. The zero-order chi connectivity index (χ0) is 26.5. The number of hydrogen-bond acceptors (Lipinski definition) is 2. The third kappa shape index (κ3) is 13.3. The van der Waals surface area contributed by atoms with E-state index in [9.17, 15) is 9.59 Å². The largest absolute Gasteiger partial charge is 0.339 e. The topological polar surface area (TPSA) is 49.4 Å². The van der Waals surface area contributed by atoms with Crippen LogP contribution in [0.5, 0.6) is 0 Å². The normalized spacial score (nSPS) is 16.4. The van der Waals surface area contributed by atoms with Gasteiger partial charge < -0.3 is 10.2 Å². The molecule has 2 amide bonds. The van der Waals surface area contributed by atoms with E-state index in [1.54, 1.807) is 0 Å². The van der Waals surface area contributed by atoms with Gasteiger partial charge >= 0.3 is 0 Å². The first-order valence-electron chi connectivity index (χ1n) is 15.0. The summed E-state index contributed by atoms with van der Waals surface area (Å²) in [5.41, 5.74) is 0.972. The zero-order valence-electron chi connectivity index (χ0n) is 24.3. The van der Waals surface area contributed by atoms with E-state index >= 15 is 0 Å². The van der Waals surface area contributed by atoms with Crippen molar-refractivity contribution in [3.63, 3.8) is 0 Å². The average Bonchev–Trinajstić information content (AvgIpc) is 2.89. The van der Waals surface area contributed by atoms with Crippen LogP contribution in [0.1, 0.15) is 138 Å². The Labute approximate surface area is 218 Å². The van der Waals surface area contributed by atoms with Gasteiger partial charge in [0.25, 0.3) is 0 Å². The van der Waals surface area contributed by atoms with Crippen molar-refractivity contribution < 1.29 is 9.59 Å². The Balaban J connectivity index is 0.00000562. The van der Waals surface area contributed by atoms with E-state index in [1.165, 1.54) is 19.3 Å². The molecular formula is C31H58N2O2. The summed E-state index contributed by atoms with van der Waals surface area (Å²) in [6.07, 6.45) is 20.5. The molecule has 0 aromatic carbocycles. The molecule has 0 radical (unpaired) electrons. The van der Waals surface area contributed by atoms with Gasteiger partial charge in [-0.15, -0.1) is 0 Å². The molecule has 0 aromatic heterocycles. The molecule has 1 saturated carbocycles. The molecule has 1 N–H and O–H groups in total. The second-order valence-electron chi connectivity index (χ2n) is 9.74. The highest BCUT2D eigenvalue weighted by molar-refractivity contribution is 5.80. The van der Waals surface area contributed by atoms with Crippen molar-refractivity contribution in [1.82, 2.24) is 10.2 Å². The maximum absolute atomic E-state index is 13.2. The molecule has 35 heavy (non-hydrogen) atoms. The number of amides is 2. The van der Waals surface area contributed by atoms with Gasteiger partial charge in [-0.1, -0.05) is 105 Å². The lowest BCUT2D eigenvalue weighted by atomic mass is 9.88. The van der Waals surface area contributed by atoms with Crippen molar-refractivity contribution in [1.29, 1.82) is 0 Å². The van der Waals surface area contributed by atoms with E-state index in [1.807, 2.05) is 19.9 Å². The number of nitrogens with zero attached hydrogens (tertiary/aromatic N) is 1. The monoisotopic (exact) mass is 490 g/mol. The molecule has 1 aliphatic rings. The molecule has 1 aliphatic carbocycles. The van der Waals surface area contributed by atoms with Gasteiger partial charge in [-0.05, 0) is 44.4 Å². The molecule has 0 aromatic rings. The van der Waals surface area contributed by atoms with Gasteiger partial charge in [0.2, 0.25) is 11.8 Å². The number of carbonyl (C=O) groups excluding carboxylic acids is 2. The molecule has 4 heteroatoms. The van der Waals surface area contributed by atoms with Gasteiger partial charge in [-0.25, -0.2) is 0 Å². The predicted molar refractivity (Wildman–Crippen MR) is 152 cm³/mol. The number of rotatable bonds is 16. The van der Waals surface area contributed by atoms with Crippen LogP contribution >= 0.6 is 0 Å². The number of nitrogens with one attached hydrogen (secondary N) is 1. The molecule has 4 nitrogen and oxygen atoms in total. The minimum atomic E-state index is 0.164.